The van der Waals surface area contributed by atoms with Gasteiger partial charge in [0.2, 0.25) is 5.95 Å². The molecule has 1 saturated heterocycles. The number of rotatable bonds is 3. The Morgan fingerprint density at radius 2 is 1.91 bits per heavy atom. The summed E-state index contributed by atoms with van der Waals surface area (Å²) < 4.78 is 2.03. The topological polar surface area (TPSA) is 111 Å². The number of aromatic nitrogens is 5. The van der Waals surface area contributed by atoms with Crippen molar-refractivity contribution in [1.29, 1.82) is 0 Å². The normalized spacial score (nSPS) is 19.1. The van der Waals surface area contributed by atoms with Crippen LogP contribution in [0.5, 0.6) is 0 Å². The Balaban J connectivity index is 1.25. The lowest BCUT2D eigenvalue weighted by Gasteiger charge is -2.42. The van der Waals surface area contributed by atoms with E-state index in [4.69, 9.17) is 35.9 Å². The van der Waals surface area contributed by atoms with Crippen LogP contribution >= 0.6 is 23.4 Å². The number of hydrogen-bond acceptors (Lipinski definition) is 8. The van der Waals surface area contributed by atoms with Crippen LogP contribution in [0.2, 0.25) is 5.02 Å². The highest BCUT2D eigenvalue weighted by molar-refractivity contribution is 7.99. The Labute approximate surface area is 207 Å². The maximum Gasteiger partial charge on any atom is 0.211 e. The van der Waals surface area contributed by atoms with Gasteiger partial charge in [0.15, 0.2) is 5.65 Å². The molecule has 34 heavy (non-hydrogen) atoms. The lowest BCUT2D eigenvalue weighted by molar-refractivity contribution is 0.186. The van der Waals surface area contributed by atoms with Crippen LogP contribution in [0.1, 0.15) is 30.1 Å². The molecular formula is C23H22BClN8S. The number of fused-ring (bicyclic) bond motifs is 2. The molecule has 0 amide bonds. The van der Waals surface area contributed by atoms with E-state index in [1.54, 1.807) is 18.6 Å². The number of nitrogens with zero attached hydrogens (tertiary/aromatic N) is 6. The third-order valence-electron chi connectivity index (χ3n) is 7.06. The molecule has 8 nitrogen and oxygen atoms in total. The molecule has 1 fully saturated rings. The lowest BCUT2D eigenvalue weighted by Crippen LogP contribution is -2.45. The predicted molar refractivity (Wildman–Crippen MR) is 135 cm³/mol. The molecule has 6 rings (SSSR count). The van der Waals surface area contributed by atoms with Crippen LogP contribution < -0.4 is 21.8 Å². The van der Waals surface area contributed by atoms with Crippen molar-refractivity contribution in [2.24, 2.45) is 11.1 Å². The number of halogens is 1. The van der Waals surface area contributed by atoms with E-state index in [9.17, 15) is 0 Å². The van der Waals surface area contributed by atoms with Crippen molar-refractivity contribution in [3.63, 3.8) is 0 Å². The summed E-state index contributed by atoms with van der Waals surface area (Å²) in [5.41, 5.74) is 16.3. The van der Waals surface area contributed by atoms with Crippen LogP contribution in [0.15, 0.2) is 52.9 Å². The molecule has 1 atom stereocenters. The SMILES string of the molecule is [B]c1cnc2c(c1)C(N)C1(CCN(c3ncc(Sc4ccnc(N)c4Cl)c4nccn34)CC1)C2. The largest absolute Gasteiger partial charge is 0.382 e. The molecule has 0 bridgehead atoms. The van der Waals surface area contributed by atoms with Crippen molar-refractivity contribution < 1.29 is 0 Å². The van der Waals surface area contributed by atoms with Gasteiger partial charge in [0.05, 0.1) is 9.92 Å². The van der Waals surface area contributed by atoms with Gasteiger partial charge in [0.25, 0.3) is 0 Å². The molecule has 2 radical (unpaired) electrons. The third-order valence-corrected chi connectivity index (χ3v) is 8.63. The summed E-state index contributed by atoms with van der Waals surface area (Å²) in [5.74, 6) is 1.18. The number of pyridine rings is 2. The van der Waals surface area contributed by atoms with Crippen molar-refractivity contribution in [3.8, 4) is 0 Å². The highest BCUT2D eigenvalue weighted by Gasteiger charge is 2.47. The Bertz CT molecular complexity index is 1400. The number of hydrogen-bond donors (Lipinski definition) is 2. The van der Waals surface area contributed by atoms with Crippen LogP contribution in [0.3, 0.4) is 0 Å². The fraction of sp³-hybridized carbons (Fsp3) is 0.304. The second-order valence-electron chi connectivity index (χ2n) is 8.96. The van der Waals surface area contributed by atoms with E-state index in [-0.39, 0.29) is 11.5 Å². The maximum atomic E-state index is 6.73. The first-order chi connectivity index (χ1) is 16.4. The first-order valence-corrected chi connectivity index (χ1v) is 12.3. The monoisotopic (exact) mass is 488 g/mol. The second kappa shape index (κ2) is 8.14. The minimum absolute atomic E-state index is 0.0154. The summed E-state index contributed by atoms with van der Waals surface area (Å²) >= 11 is 7.83. The van der Waals surface area contributed by atoms with Gasteiger partial charge in [-0.15, -0.1) is 0 Å². The van der Waals surface area contributed by atoms with Gasteiger partial charge in [-0.05, 0) is 36.3 Å². The van der Waals surface area contributed by atoms with Gasteiger partial charge in [0.1, 0.15) is 13.7 Å². The molecule has 1 aliphatic heterocycles. The van der Waals surface area contributed by atoms with Crippen molar-refractivity contribution in [3.05, 3.63) is 59.4 Å². The van der Waals surface area contributed by atoms with Gasteiger partial charge in [-0.2, -0.15) is 0 Å². The van der Waals surface area contributed by atoms with Crippen LogP contribution in [0.4, 0.5) is 11.8 Å². The molecule has 4 N–H and O–H groups in total. The number of nitrogen functional groups attached to an aromatic ring is 1. The highest BCUT2D eigenvalue weighted by Crippen LogP contribution is 2.50. The zero-order valence-electron chi connectivity index (χ0n) is 18.4. The summed E-state index contributed by atoms with van der Waals surface area (Å²) in [6.45, 7) is 1.72. The van der Waals surface area contributed by atoms with Crippen molar-refractivity contribution in [2.75, 3.05) is 23.7 Å². The summed E-state index contributed by atoms with van der Waals surface area (Å²) in [6.07, 6.45) is 11.8. The standard InChI is InChI=1S/C23H22BClN8S/c24-13-9-14-15(30-11-13)10-23(19(14)26)2-6-32(7-3-23)22-31-12-17(21-29-5-8-33(21)22)34-16-1-4-28-20(27)18(16)25/h1,4-5,8-9,11-12,19H,2-3,6-7,10,26H2,(H2,27,28). The van der Waals surface area contributed by atoms with E-state index >= 15 is 0 Å². The smallest absolute Gasteiger partial charge is 0.211 e. The molecule has 1 aliphatic carbocycles. The molecule has 11 heteroatoms. The molecule has 0 aromatic carbocycles. The number of anilines is 2. The zero-order chi connectivity index (χ0) is 23.4. The first-order valence-electron chi connectivity index (χ1n) is 11.1. The van der Waals surface area contributed by atoms with E-state index in [0.29, 0.717) is 16.3 Å². The fourth-order valence-corrected chi connectivity index (χ4v) is 6.32. The highest BCUT2D eigenvalue weighted by atomic mass is 35.5. The second-order valence-corrected chi connectivity index (χ2v) is 10.4. The molecule has 0 saturated carbocycles. The van der Waals surface area contributed by atoms with Gasteiger partial charge < -0.3 is 16.4 Å². The molecule has 5 heterocycles. The average Bonchev–Trinajstić information content (AvgIpc) is 3.43. The Morgan fingerprint density at radius 1 is 1.09 bits per heavy atom. The Morgan fingerprint density at radius 3 is 2.74 bits per heavy atom. The van der Waals surface area contributed by atoms with Gasteiger partial charge in [-0.25, -0.2) is 15.0 Å². The molecular weight excluding hydrogens is 467 g/mol. The van der Waals surface area contributed by atoms with Gasteiger partial charge in [0, 0.05) is 60.7 Å². The van der Waals surface area contributed by atoms with Crippen LogP contribution in [-0.2, 0) is 6.42 Å². The van der Waals surface area contributed by atoms with Gasteiger partial charge in [-0.1, -0.05) is 34.9 Å². The first kappa shape index (κ1) is 21.7. The fourth-order valence-electron chi connectivity index (χ4n) is 5.19. The number of nitrogens with two attached hydrogens (primary N) is 2. The molecule has 4 aromatic rings. The number of piperidine rings is 1. The summed E-state index contributed by atoms with van der Waals surface area (Å²) in [4.78, 5) is 22.0. The summed E-state index contributed by atoms with van der Waals surface area (Å²) in [6, 6.07) is 3.79. The van der Waals surface area contributed by atoms with E-state index in [1.165, 1.54) is 11.8 Å². The summed E-state index contributed by atoms with van der Waals surface area (Å²) in [7, 11) is 5.97. The predicted octanol–water partition coefficient (Wildman–Crippen LogP) is 2.54. The van der Waals surface area contributed by atoms with Gasteiger partial charge in [-0.3, -0.25) is 9.38 Å². The lowest BCUT2D eigenvalue weighted by atomic mass is 9.73. The Hall–Kier alpha value is -2.82. The molecule has 4 aromatic heterocycles. The Kier molecular flexibility index (Phi) is 5.20. The van der Waals surface area contributed by atoms with Crippen molar-refractivity contribution >= 4 is 54.1 Å². The zero-order valence-corrected chi connectivity index (χ0v) is 19.9. The molecule has 1 unspecified atom stereocenters. The summed E-state index contributed by atoms with van der Waals surface area (Å²) in [5, 5.41) is 0.438. The minimum atomic E-state index is -0.0433. The number of imidazole rings is 1. The van der Waals surface area contributed by atoms with E-state index in [2.05, 4.69) is 19.9 Å². The molecule has 1 spiro atoms. The molecule has 170 valence electrons. The van der Waals surface area contributed by atoms with Crippen molar-refractivity contribution in [2.45, 2.75) is 35.1 Å². The molecule has 2 aliphatic rings. The van der Waals surface area contributed by atoms with Crippen LogP contribution in [0, 0.1) is 5.41 Å². The van der Waals surface area contributed by atoms with E-state index < -0.39 is 0 Å². The third kappa shape index (κ3) is 3.43. The quantitative estimate of drug-likeness (QED) is 0.423. The van der Waals surface area contributed by atoms with Crippen molar-refractivity contribution in [1.82, 2.24) is 24.3 Å². The van der Waals surface area contributed by atoms with E-state index in [0.717, 1.165) is 65.0 Å². The van der Waals surface area contributed by atoms with Crippen LogP contribution in [-0.4, -0.2) is 45.3 Å². The van der Waals surface area contributed by atoms with E-state index in [1.807, 2.05) is 28.9 Å². The minimum Gasteiger partial charge on any atom is -0.382 e. The van der Waals surface area contributed by atoms with Crippen LogP contribution in [0.25, 0.3) is 5.65 Å². The average molecular weight is 489 g/mol. The maximum absolute atomic E-state index is 6.73. The van der Waals surface area contributed by atoms with Gasteiger partial charge >= 0.3 is 0 Å².